The fourth-order valence-corrected chi connectivity index (χ4v) is 2.94. The van der Waals surface area contributed by atoms with Crippen molar-refractivity contribution in [1.29, 1.82) is 0 Å². The molecule has 0 bridgehead atoms. The Morgan fingerprint density at radius 2 is 2.10 bits per heavy atom. The molecule has 1 aliphatic rings. The average Bonchev–Trinajstić information content (AvgIpc) is 2.49. The molecule has 1 N–H and O–H groups in total. The molecule has 0 amide bonds. The Kier molecular flexibility index (Phi) is 4.96. The van der Waals surface area contributed by atoms with E-state index in [2.05, 4.69) is 29.0 Å². The Balaban J connectivity index is 2.30. The topological polar surface area (TPSA) is 46.6 Å². The van der Waals surface area contributed by atoms with Crippen molar-refractivity contribution in [3.8, 4) is 5.75 Å². The van der Waals surface area contributed by atoms with Gasteiger partial charge in [0.15, 0.2) is 0 Å². The van der Waals surface area contributed by atoms with Crippen molar-refractivity contribution in [3.05, 3.63) is 24.0 Å². The van der Waals surface area contributed by atoms with Gasteiger partial charge in [-0.15, -0.1) is 0 Å². The maximum Gasteiger partial charge on any atom is 0.142 e. The van der Waals surface area contributed by atoms with E-state index < -0.39 is 0 Å². The largest absolute Gasteiger partial charge is 0.495 e. The van der Waals surface area contributed by atoms with Crippen molar-refractivity contribution in [2.75, 3.05) is 40.5 Å². The third-order valence-corrected chi connectivity index (χ3v) is 4.11. The average molecular weight is 279 g/mol. The van der Waals surface area contributed by atoms with Gasteiger partial charge in [-0.1, -0.05) is 0 Å². The molecule has 0 aromatic carbocycles. The van der Waals surface area contributed by atoms with E-state index in [1.54, 1.807) is 7.11 Å². The van der Waals surface area contributed by atoms with Gasteiger partial charge in [-0.05, 0) is 33.0 Å². The summed E-state index contributed by atoms with van der Waals surface area (Å²) in [6.45, 7) is 7.96. The van der Waals surface area contributed by atoms with Gasteiger partial charge >= 0.3 is 0 Å². The minimum absolute atomic E-state index is 0.0693. The number of nitrogens with zero attached hydrogens (tertiary/aromatic N) is 2. The lowest BCUT2D eigenvalue weighted by atomic mass is 9.88. The molecule has 2 rings (SSSR count). The molecule has 0 saturated carbocycles. The summed E-state index contributed by atoms with van der Waals surface area (Å²) in [5, 5.41) is 3.41. The number of pyridine rings is 1. The number of likely N-dealkylation sites (N-methyl/N-ethyl adjacent to an activating group) is 1. The highest BCUT2D eigenvalue weighted by Gasteiger charge is 2.38. The van der Waals surface area contributed by atoms with Gasteiger partial charge in [0.05, 0.1) is 26.4 Å². The van der Waals surface area contributed by atoms with Crippen LogP contribution in [-0.4, -0.2) is 55.9 Å². The monoisotopic (exact) mass is 279 g/mol. The second kappa shape index (κ2) is 6.52. The summed E-state index contributed by atoms with van der Waals surface area (Å²) in [5.41, 5.74) is 0.883. The molecule has 1 aromatic rings. The molecule has 1 atom stereocenters. The number of rotatable bonds is 5. The van der Waals surface area contributed by atoms with Crippen molar-refractivity contribution in [3.63, 3.8) is 0 Å². The van der Waals surface area contributed by atoms with Gasteiger partial charge in [-0.25, -0.2) is 0 Å². The smallest absolute Gasteiger partial charge is 0.142 e. The Bertz CT molecular complexity index is 431. The molecule has 1 aliphatic heterocycles. The molecule has 5 nitrogen and oxygen atoms in total. The minimum Gasteiger partial charge on any atom is -0.495 e. The van der Waals surface area contributed by atoms with E-state index in [-0.39, 0.29) is 11.6 Å². The number of methoxy groups -OCH3 is 1. The van der Waals surface area contributed by atoms with Gasteiger partial charge in [0, 0.05) is 24.8 Å². The maximum atomic E-state index is 5.46. The van der Waals surface area contributed by atoms with E-state index in [0.717, 1.165) is 37.7 Å². The quantitative estimate of drug-likeness (QED) is 0.884. The summed E-state index contributed by atoms with van der Waals surface area (Å²) in [4.78, 5) is 6.99. The van der Waals surface area contributed by atoms with Crippen LogP contribution in [0.1, 0.15) is 25.6 Å². The lowest BCUT2D eigenvalue weighted by Crippen LogP contribution is -2.56. The van der Waals surface area contributed by atoms with Crippen LogP contribution < -0.4 is 10.1 Å². The number of hydrogen-bond donors (Lipinski definition) is 1. The zero-order valence-electron chi connectivity index (χ0n) is 12.8. The van der Waals surface area contributed by atoms with Gasteiger partial charge in [0.1, 0.15) is 11.4 Å². The molecule has 0 aliphatic carbocycles. The zero-order valence-corrected chi connectivity index (χ0v) is 12.8. The molecule has 1 fully saturated rings. The molecule has 1 saturated heterocycles. The van der Waals surface area contributed by atoms with Gasteiger partial charge in [-0.3, -0.25) is 9.88 Å². The second-order valence-electron chi connectivity index (χ2n) is 5.57. The second-order valence-corrected chi connectivity index (χ2v) is 5.57. The zero-order chi connectivity index (χ0) is 14.6. The molecule has 20 heavy (non-hydrogen) atoms. The highest BCUT2D eigenvalue weighted by Crippen LogP contribution is 2.34. The van der Waals surface area contributed by atoms with Crippen LogP contribution in [0.2, 0.25) is 0 Å². The molecule has 5 heteroatoms. The molecule has 2 heterocycles. The molecular weight excluding hydrogens is 254 g/mol. The summed E-state index contributed by atoms with van der Waals surface area (Å²) in [5.74, 6) is 0.827. The van der Waals surface area contributed by atoms with E-state index >= 15 is 0 Å². The first-order chi connectivity index (χ1) is 9.61. The number of aromatic nitrogens is 1. The lowest BCUT2D eigenvalue weighted by molar-refractivity contribution is -0.0236. The first kappa shape index (κ1) is 15.2. The Labute approximate surface area is 121 Å². The highest BCUT2D eigenvalue weighted by atomic mass is 16.5. The van der Waals surface area contributed by atoms with Crippen LogP contribution >= 0.6 is 0 Å². The van der Waals surface area contributed by atoms with Crippen LogP contribution in [0, 0.1) is 0 Å². The SMILES string of the molecule is CNC(c1ncccc1OC)C(C)(C)N1CCOCC1. The van der Waals surface area contributed by atoms with Crippen molar-refractivity contribution in [2.24, 2.45) is 0 Å². The van der Waals surface area contributed by atoms with Crippen molar-refractivity contribution >= 4 is 0 Å². The van der Waals surface area contributed by atoms with Crippen molar-refractivity contribution in [1.82, 2.24) is 15.2 Å². The van der Waals surface area contributed by atoms with Crippen LogP contribution in [0.15, 0.2) is 18.3 Å². The lowest BCUT2D eigenvalue weighted by Gasteiger charge is -2.45. The standard InChI is InChI=1S/C15H25N3O2/c1-15(2,18-8-10-20-11-9-18)14(16-3)13-12(19-4)6-5-7-17-13/h5-7,14,16H,8-11H2,1-4H3. The molecule has 1 aromatic heterocycles. The minimum atomic E-state index is -0.0693. The summed E-state index contributed by atoms with van der Waals surface area (Å²) >= 11 is 0. The maximum absolute atomic E-state index is 5.46. The van der Waals surface area contributed by atoms with E-state index in [4.69, 9.17) is 9.47 Å². The van der Waals surface area contributed by atoms with E-state index in [9.17, 15) is 0 Å². The number of hydrogen-bond acceptors (Lipinski definition) is 5. The van der Waals surface area contributed by atoms with E-state index in [1.807, 2.05) is 25.4 Å². The van der Waals surface area contributed by atoms with Gasteiger partial charge in [0.25, 0.3) is 0 Å². The van der Waals surface area contributed by atoms with Crippen molar-refractivity contribution in [2.45, 2.75) is 25.4 Å². The van der Waals surface area contributed by atoms with E-state index in [1.165, 1.54) is 0 Å². The van der Waals surface area contributed by atoms with Gasteiger partial charge in [0.2, 0.25) is 0 Å². The van der Waals surface area contributed by atoms with Crippen LogP contribution in [-0.2, 0) is 4.74 Å². The van der Waals surface area contributed by atoms with Gasteiger partial charge < -0.3 is 14.8 Å². The number of morpholine rings is 1. The van der Waals surface area contributed by atoms with E-state index in [0.29, 0.717) is 0 Å². The Morgan fingerprint density at radius 1 is 1.40 bits per heavy atom. The number of ether oxygens (including phenoxy) is 2. The fourth-order valence-electron chi connectivity index (χ4n) is 2.94. The van der Waals surface area contributed by atoms with Crippen LogP contribution in [0.25, 0.3) is 0 Å². The first-order valence-electron chi connectivity index (χ1n) is 7.10. The number of nitrogens with one attached hydrogen (secondary N) is 1. The molecule has 112 valence electrons. The van der Waals surface area contributed by atoms with Crippen molar-refractivity contribution < 1.29 is 9.47 Å². The predicted octanol–water partition coefficient (Wildman–Crippen LogP) is 1.46. The highest BCUT2D eigenvalue weighted by molar-refractivity contribution is 5.31. The Hall–Kier alpha value is -1.17. The summed E-state index contributed by atoms with van der Waals surface area (Å²) in [7, 11) is 3.66. The normalized spacial score (nSPS) is 18.8. The summed E-state index contributed by atoms with van der Waals surface area (Å²) < 4.78 is 10.9. The summed E-state index contributed by atoms with van der Waals surface area (Å²) in [6.07, 6.45) is 1.82. The Morgan fingerprint density at radius 3 is 2.70 bits per heavy atom. The summed E-state index contributed by atoms with van der Waals surface area (Å²) in [6, 6.07) is 3.95. The van der Waals surface area contributed by atoms with Gasteiger partial charge in [-0.2, -0.15) is 0 Å². The third-order valence-electron chi connectivity index (χ3n) is 4.11. The third kappa shape index (κ3) is 2.95. The van der Waals surface area contributed by atoms with Crippen LogP contribution in [0.5, 0.6) is 5.75 Å². The predicted molar refractivity (Wildman–Crippen MR) is 79.1 cm³/mol. The molecule has 0 radical (unpaired) electrons. The first-order valence-corrected chi connectivity index (χ1v) is 7.10. The molecular formula is C15H25N3O2. The fraction of sp³-hybridized carbons (Fsp3) is 0.667. The molecule has 0 spiro atoms. The molecule has 1 unspecified atom stereocenters. The van der Waals surface area contributed by atoms with Crippen LogP contribution in [0.3, 0.4) is 0 Å². The van der Waals surface area contributed by atoms with Crippen LogP contribution in [0.4, 0.5) is 0 Å².